The van der Waals surface area contributed by atoms with Crippen molar-refractivity contribution in [3.63, 3.8) is 0 Å². The summed E-state index contributed by atoms with van der Waals surface area (Å²) in [5.74, 6) is -3.10. The molecule has 1 rings (SSSR count). The van der Waals surface area contributed by atoms with Gasteiger partial charge in [0.25, 0.3) is 5.83 Å². The van der Waals surface area contributed by atoms with E-state index >= 15 is 0 Å². The number of alkyl halides is 3. The number of hydrogen-bond donors (Lipinski definition) is 0. The molecule has 0 bridgehead atoms. The molecular formula is C9H6F6O. The molecule has 0 radical (unpaired) electrons. The molecule has 0 aliphatic rings. The minimum atomic E-state index is -5.38. The van der Waals surface area contributed by atoms with E-state index in [1.54, 1.807) is 6.07 Å². The fourth-order valence-corrected chi connectivity index (χ4v) is 0.748. The van der Waals surface area contributed by atoms with Crippen LogP contribution in [0.25, 0.3) is 0 Å². The third-order valence-electron chi connectivity index (χ3n) is 1.37. The molecule has 0 aliphatic carbocycles. The molecule has 1 aromatic rings. The van der Waals surface area contributed by atoms with Crippen LogP contribution < -0.4 is 4.74 Å². The average Bonchev–Trinajstić information content (AvgIpc) is 2.16. The maximum atomic E-state index is 12.5. The normalized spacial score (nSPS) is 12.6. The van der Waals surface area contributed by atoms with Crippen molar-refractivity contribution in [3.05, 3.63) is 42.2 Å². The molecule has 0 aliphatic heterocycles. The first-order valence-electron chi connectivity index (χ1n) is 3.76. The number of hydrogen-bond acceptors (Lipinski definition) is 1. The predicted octanol–water partition coefficient (Wildman–Crippen LogP) is 3.89. The molecule has 0 unspecified atom stereocenters. The van der Waals surface area contributed by atoms with Crippen LogP contribution in [-0.4, -0.2) is 6.18 Å². The summed E-state index contributed by atoms with van der Waals surface area (Å²) >= 11 is 0. The highest BCUT2D eigenvalue weighted by atomic mass is 19.4. The molecule has 1 aromatic carbocycles. The van der Waals surface area contributed by atoms with Gasteiger partial charge in [-0.05, 0) is 12.1 Å². The summed E-state index contributed by atoms with van der Waals surface area (Å²) in [6.07, 6.45) is -5.38. The van der Waals surface area contributed by atoms with Crippen LogP contribution >= 0.6 is 0 Å². The number of ether oxygens (including phenoxy) is 1. The van der Waals surface area contributed by atoms with E-state index in [1.807, 2.05) is 0 Å². The van der Waals surface area contributed by atoms with Crippen molar-refractivity contribution < 1.29 is 31.4 Å². The first-order chi connectivity index (χ1) is 6.91. The summed E-state index contributed by atoms with van der Waals surface area (Å²) in [6.45, 7) is 0. The molecule has 0 heterocycles. The van der Waals surface area contributed by atoms with Crippen LogP contribution in [0.5, 0.6) is 5.75 Å². The summed E-state index contributed by atoms with van der Waals surface area (Å²) in [5.41, 5.74) is 0. The van der Waals surface area contributed by atoms with Crippen LogP contribution in [0.4, 0.5) is 26.7 Å². The molecule has 1 nitrogen and oxygen atoms in total. The highest BCUT2D eigenvalue weighted by Crippen LogP contribution is 2.30. The van der Waals surface area contributed by atoms with Crippen LogP contribution in [0.3, 0.4) is 0 Å². The maximum Gasteiger partial charge on any atom is 0.449 e. The molecule has 0 atom stereocenters. The van der Waals surface area contributed by atoms with Gasteiger partial charge in [-0.15, -0.1) is 0 Å². The van der Waals surface area contributed by atoms with Crippen molar-refractivity contribution in [2.24, 2.45) is 0 Å². The highest BCUT2D eigenvalue weighted by Gasteiger charge is 2.39. The predicted molar refractivity (Wildman–Crippen MR) is 44.9 cm³/mol. The molecule has 90 valence electrons. The minimum Gasteiger partial charge on any atom is -0.430 e. The van der Waals surface area contributed by atoms with Gasteiger partial charge in [0.1, 0.15) is 5.75 Å². The number of halogens is 6. The van der Waals surface area contributed by atoms with Crippen molar-refractivity contribution in [3.8, 4) is 5.75 Å². The minimum absolute atomic E-state index is 0. The van der Waals surface area contributed by atoms with E-state index < -0.39 is 18.0 Å². The Kier molecular flexibility index (Phi) is 4.87. The number of benzene rings is 1. The second-order valence-corrected chi connectivity index (χ2v) is 2.50. The lowest BCUT2D eigenvalue weighted by Gasteiger charge is -2.06. The van der Waals surface area contributed by atoms with Gasteiger partial charge in [0.2, 0.25) is 0 Å². The van der Waals surface area contributed by atoms with Crippen molar-refractivity contribution in [1.29, 1.82) is 0 Å². The zero-order valence-corrected chi connectivity index (χ0v) is 7.59. The van der Waals surface area contributed by atoms with E-state index in [0.29, 0.717) is 0 Å². The number of para-hydroxylation sites is 1. The molecular weight excluding hydrogens is 238 g/mol. The zero-order valence-electron chi connectivity index (χ0n) is 7.59. The third kappa shape index (κ3) is 3.84. The second kappa shape index (κ2) is 5.43. The molecule has 0 saturated heterocycles. The van der Waals surface area contributed by atoms with E-state index in [9.17, 15) is 22.0 Å². The molecule has 0 fully saturated rings. The quantitative estimate of drug-likeness (QED) is 0.566. The topological polar surface area (TPSA) is 9.23 Å². The van der Waals surface area contributed by atoms with Crippen molar-refractivity contribution in [2.75, 3.05) is 0 Å². The molecule has 0 aromatic heterocycles. The van der Waals surface area contributed by atoms with E-state index in [-0.39, 0.29) is 10.5 Å². The molecule has 0 amide bonds. The Hall–Kier alpha value is -1.66. The molecule has 16 heavy (non-hydrogen) atoms. The lowest BCUT2D eigenvalue weighted by Crippen LogP contribution is -2.11. The summed E-state index contributed by atoms with van der Waals surface area (Å²) in [5, 5.41) is 0. The van der Waals surface area contributed by atoms with Gasteiger partial charge in [0.05, 0.1) is 0 Å². The molecule has 0 spiro atoms. The van der Waals surface area contributed by atoms with Crippen LogP contribution in [-0.2, 0) is 0 Å². The third-order valence-corrected chi connectivity index (χ3v) is 1.37. The van der Waals surface area contributed by atoms with Gasteiger partial charge in [0, 0.05) is 0 Å². The number of rotatable bonds is 2. The van der Waals surface area contributed by atoms with Crippen LogP contribution in [0, 0.1) is 0 Å². The lowest BCUT2D eigenvalue weighted by molar-refractivity contribution is -0.114. The lowest BCUT2D eigenvalue weighted by atomic mass is 10.3. The van der Waals surface area contributed by atoms with Crippen molar-refractivity contribution in [2.45, 2.75) is 6.18 Å². The van der Waals surface area contributed by atoms with E-state index in [1.165, 1.54) is 24.3 Å². The van der Waals surface area contributed by atoms with Gasteiger partial charge in [-0.3, -0.25) is 4.70 Å². The van der Waals surface area contributed by atoms with Gasteiger partial charge >= 0.3 is 12.2 Å². The molecule has 0 saturated carbocycles. The summed E-state index contributed by atoms with van der Waals surface area (Å²) in [7, 11) is 0. The fraction of sp³-hybridized carbons (Fsp3) is 0.111. The first-order valence-corrected chi connectivity index (χ1v) is 3.76. The summed E-state index contributed by atoms with van der Waals surface area (Å²) < 4.78 is 63.8. The Morgan fingerprint density at radius 2 is 1.50 bits per heavy atom. The van der Waals surface area contributed by atoms with Gasteiger partial charge in [0.15, 0.2) is 0 Å². The first kappa shape index (κ1) is 14.3. The van der Waals surface area contributed by atoms with Crippen molar-refractivity contribution >= 4 is 0 Å². The zero-order chi connectivity index (χ0) is 11.5. The number of allylic oxidation sites excluding steroid dienone is 1. The van der Waals surface area contributed by atoms with Gasteiger partial charge in [-0.1, -0.05) is 18.2 Å². The Bertz CT molecular complexity index is 356. The summed E-state index contributed by atoms with van der Waals surface area (Å²) in [6, 6.07) is 4.47. The second-order valence-electron chi connectivity index (χ2n) is 2.50. The Morgan fingerprint density at radius 3 is 1.94 bits per heavy atom. The van der Waals surface area contributed by atoms with E-state index in [2.05, 4.69) is 4.74 Å². The van der Waals surface area contributed by atoms with Crippen LogP contribution in [0.2, 0.25) is 0 Å². The molecule has 7 heteroatoms. The maximum absolute atomic E-state index is 12.5. The van der Waals surface area contributed by atoms with Crippen LogP contribution in [0.15, 0.2) is 42.2 Å². The Morgan fingerprint density at radius 1 is 1.00 bits per heavy atom. The molecule has 0 N–H and O–H groups in total. The summed E-state index contributed by atoms with van der Waals surface area (Å²) in [4.78, 5) is 0. The van der Waals surface area contributed by atoms with Crippen molar-refractivity contribution in [1.82, 2.24) is 0 Å². The average molecular weight is 244 g/mol. The standard InChI is InChI=1S/C9H5F5O.FH/c10-7(9(12,13)14)8(11)15-6-4-2-1-3-5-6;/h1-5H;1H/b8-7-;. The van der Waals surface area contributed by atoms with E-state index in [4.69, 9.17) is 0 Å². The Labute approximate surface area is 86.5 Å². The fourth-order valence-electron chi connectivity index (χ4n) is 0.748. The highest BCUT2D eigenvalue weighted by molar-refractivity contribution is 5.23. The Balaban J connectivity index is 0.00000225. The van der Waals surface area contributed by atoms with Gasteiger partial charge in [-0.25, -0.2) is 0 Å². The van der Waals surface area contributed by atoms with Gasteiger partial charge in [-0.2, -0.15) is 22.0 Å². The smallest absolute Gasteiger partial charge is 0.430 e. The largest absolute Gasteiger partial charge is 0.449 e. The SMILES string of the molecule is F.F/C(Oc1ccccc1)=C(/F)C(F)(F)F. The monoisotopic (exact) mass is 244 g/mol. The van der Waals surface area contributed by atoms with E-state index in [0.717, 1.165) is 0 Å². The van der Waals surface area contributed by atoms with Gasteiger partial charge < -0.3 is 4.74 Å². The van der Waals surface area contributed by atoms with Crippen LogP contribution in [0.1, 0.15) is 0 Å².